The summed E-state index contributed by atoms with van der Waals surface area (Å²) in [5, 5.41) is 19.0. The van der Waals surface area contributed by atoms with Crippen molar-refractivity contribution >= 4 is 0 Å². The Bertz CT molecular complexity index is 646. The van der Waals surface area contributed by atoms with Crippen LogP contribution in [0.2, 0.25) is 0 Å². The standard InChI is InChI=1S/C18H17FO2/c1-18(21,12-2-3-13-20)16-8-4-14(5-9-16)15-6-10-17(19)11-7-15/h4-11,20-21H,3,13H2,1H3. The molecular weight excluding hydrogens is 267 g/mol. The third kappa shape index (κ3) is 3.91. The molecule has 0 saturated heterocycles. The smallest absolute Gasteiger partial charge is 0.148 e. The molecule has 0 spiro atoms. The van der Waals surface area contributed by atoms with Gasteiger partial charge < -0.3 is 10.2 Å². The Morgan fingerprint density at radius 2 is 1.52 bits per heavy atom. The van der Waals surface area contributed by atoms with E-state index in [0.29, 0.717) is 12.0 Å². The van der Waals surface area contributed by atoms with Gasteiger partial charge in [-0.15, -0.1) is 0 Å². The average molecular weight is 284 g/mol. The minimum absolute atomic E-state index is 0.0212. The molecule has 1 atom stereocenters. The molecule has 0 bridgehead atoms. The highest BCUT2D eigenvalue weighted by Gasteiger charge is 2.19. The van der Waals surface area contributed by atoms with Crippen molar-refractivity contribution in [2.45, 2.75) is 18.9 Å². The summed E-state index contributed by atoms with van der Waals surface area (Å²) in [4.78, 5) is 0. The number of aliphatic hydroxyl groups excluding tert-OH is 1. The molecule has 0 aliphatic heterocycles. The molecule has 108 valence electrons. The van der Waals surface area contributed by atoms with Crippen LogP contribution in [-0.4, -0.2) is 16.8 Å². The van der Waals surface area contributed by atoms with Gasteiger partial charge in [-0.3, -0.25) is 0 Å². The lowest BCUT2D eigenvalue weighted by molar-refractivity contribution is 0.122. The van der Waals surface area contributed by atoms with E-state index in [-0.39, 0.29) is 12.4 Å². The normalized spacial score (nSPS) is 13.1. The van der Waals surface area contributed by atoms with Gasteiger partial charge in [0.2, 0.25) is 0 Å². The van der Waals surface area contributed by atoms with E-state index < -0.39 is 5.60 Å². The molecule has 0 heterocycles. The molecule has 1 unspecified atom stereocenters. The van der Waals surface area contributed by atoms with Crippen LogP contribution in [0.25, 0.3) is 11.1 Å². The Morgan fingerprint density at radius 1 is 1.00 bits per heavy atom. The van der Waals surface area contributed by atoms with Crippen LogP contribution >= 0.6 is 0 Å². The SMILES string of the molecule is CC(O)(C#CCCO)c1ccc(-c2ccc(F)cc2)cc1. The van der Waals surface area contributed by atoms with Crippen molar-refractivity contribution in [3.63, 3.8) is 0 Å². The van der Waals surface area contributed by atoms with E-state index in [2.05, 4.69) is 11.8 Å². The van der Waals surface area contributed by atoms with Crippen molar-refractivity contribution in [3.8, 4) is 23.0 Å². The van der Waals surface area contributed by atoms with Crippen LogP contribution in [0.4, 0.5) is 4.39 Å². The van der Waals surface area contributed by atoms with Crippen LogP contribution in [0.1, 0.15) is 18.9 Å². The van der Waals surface area contributed by atoms with Crippen molar-refractivity contribution < 1.29 is 14.6 Å². The average Bonchev–Trinajstić information content (AvgIpc) is 2.48. The van der Waals surface area contributed by atoms with Gasteiger partial charge in [0.1, 0.15) is 11.4 Å². The van der Waals surface area contributed by atoms with Gasteiger partial charge in [-0.25, -0.2) is 4.39 Å². The van der Waals surface area contributed by atoms with Gasteiger partial charge in [0, 0.05) is 6.42 Å². The maximum Gasteiger partial charge on any atom is 0.148 e. The zero-order valence-corrected chi connectivity index (χ0v) is 11.8. The maximum absolute atomic E-state index is 12.9. The van der Waals surface area contributed by atoms with Crippen molar-refractivity contribution in [1.82, 2.24) is 0 Å². The predicted molar refractivity (Wildman–Crippen MR) is 80.9 cm³/mol. The number of rotatable bonds is 3. The number of hydrogen-bond donors (Lipinski definition) is 2. The van der Waals surface area contributed by atoms with E-state index in [0.717, 1.165) is 11.1 Å². The number of benzene rings is 2. The number of hydrogen-bond acceptors (Lipinski definition) is 2. The molecule has 2 aromatic rings. The monoisotopic (exact) mass is 284 g/mol. The van der Waals surface area contributed by atoms with E-state index in [1.54, 1.807) is 31.2 Å². The van der Waals surface area contributed by atoms with Gasteiger partial charge in [0.25, 0.3) is 0 Å². The minimum Gasteiger partial charge on any atom is -0.395 e. The quantitative estimate of drug-likeness (QED) is 0.850. The maximum atomic E-state index is 12.9. The lowest BCUT2D eigenvalue weighted by atomic mass is 9.94. The summed E-state index contributed by atoms with van der Waals surface area (Å²) in [5.74, 6) is 5.21. The fourth-order valence-corrected chi connectivity index (χ4v) is 1.99. The molecule has 21 heavy (non-hydrogen) atoms. The van der Waals surface area contributed by atoms with Crippen LogP contribution in [0.3, 0.4) is 0 Å². The fraction of sp³-hybridized carbons (Fsp3) is 0.222. The van der Waals surface area contributed by atoms with Gasteiger partial charge in [0.05, 0.1) is 6.61 Å². The van der Waals surface area contributed by atoms with Crippen molar-refractivity contribution in [2.24, 2.45) is 0 Å². The van der Waals surface area contributed by atoms with Crippen LogP contribution in [-0.2, 0) is 5.60 Å². The summed E-state index contributed by atoms with van der Waals surface area (Å²) in [7, 11) is 0. The third-order valence-electron chi connectivity index (χ3n) is 3.19. The summed E-state index contributed by atoms with van der Waals surface area (Å²) in [6.07, 6.45) is 0.337. The topological polar surface area (TPSA) is 40.5 Å². The largest absolute Gasteiger partial charge is 0.395 e. The minimum atomic E-state index is -1.25. The van der Waals surface area contributed by atoms with E-state index >= 15 is 0 Å². The van der Waals surface area contributed by atoms with Gasteiger partial charge in [0.15, 0.2) is 0 Å². The Kier molecular flexibility index (Phi) is 4.74. The molecule has 0 aliphatic carbocycles. The van der Waals surface area contributed by atoms with Crippen LogP contribution < -0.4 is 0 Å². The second kappa shape index (κ2) is 6.53. The molecule has 0 amide bonds. The first kappa shape index (κ1) is 15.2. The lowest BCUT2D eigenvalue weighted by Gasteiger charge is -2.17. The summed E-state index contributed by atoms with van der Waals surface area (Å²) in [6, 6.07) is 13.6. The first-order valence-electron chi connectivity index (χ1n) is 6.73. The summed E-state index contributed by atoms with van der Waals surface area (Å²) >= 11 is 0. The highest BCUT2D eigenvalue weighted by molar-refractivity contribution is 5.63. The first-order valence-corrected chi connectivity index (χ1v) is 6.73. The van der Waals surface area contributed by atoms with Gasteiger partial charge >= 0.3 is 0 Å². The van der Waals surface area contributed by atoms with E-state index in [1.807, 2.05) is 12.1 Å². The zero-order chi connectivity index (χ0) is 15.3. The Balaban J connectivity index is 2.23. The molecule has 2 nitrogen and oxygen atoms in total. The van der Waals surface area contributed by atoms with Crippen molar-refractivity contribution in [2.75, 3.05) is 6.61 Å². The van der Waals surface area contributed by atoms with Crippen molar-refractivity contribution in [1.29, 1.82) is 0 Å². The summed E-state index contributed by atoms with van der Waals surface area (Å²) in [6.45, 7) is 1.59. The molecule has 0 fully saturated rings. The van der Waals surface area contributed by atoms with Crippen LogP contribution in [0, 0.1) is 17.7 Å². The fourth-order valence-electron chi connectivity index (χ4n) is 1.99. The van der Waals surface area contributed by atoms with Crippen molar-refractivity contribution in [3.05, 3.63) is 59.9 Å². The van der Waals surface area contributed by atoms with Gasteiger partial charge in [-0.2, -0.15) is 0 Å². The van der Waals surface area contributed by atoms with Crippen LogP contribution in [0.5, 0.6) is 0 Å². The molecule has 0 radical (unpaired) electrons. The van der Waals surface area contributed by atoms with Crippen LogP contribution in [0.15, 0.2) is 48.5 Å². The third-order valence-corrected chi connectivity index (χ3v) is 3.19. The Hall–Kier alpha value is -2.15. The first-order chi connectivity index (χ1) is 10.0. The lowest BCUT2D eigenvalue weighted by Crippen LogP contribution is -2.18. The number of halogens is 1. The molecule has 0 aromatic heterocycles. The van der Waals surface area contributed by atoms with E-state index in [1.165, 1.54) is 12.1 Å². The molecule has 2 rings (SSSR count). The second-order valence-corrected chi connectivity index (χ2v) is 4.93. The summed E-state index contributed by atoms with van der Waals surface area (Å²) < 4.78 is 12.9. The number of aliphatic hydroxyl groups is 2. The molecule has 0 saturated carbocycles. The van der Waals surface area contributed by atoms with E-state index in [9.17, 15) is 9.50 Å². The molecule has 0 aliphatic rings. The molecule has 3 heteroatoms. The Labute approximate surface area is 123 Å². The second-order valence-electron chi connectivity index (χ2n) is 4.93. The predicted octanol–water partition coefficient (Wildman–Crippen LogP) is 3.09. The van der Waals surface area contributed by atoms with Gasteiger partial charge in [-0.1, -0.05) is 48.2 Å². The molecule has 2 N–H and O–H groups in total. The molecule has 2 aromatic carbocycles. The Morgan fingerprint density at radius 3 is 2.05 bits per heavy atom. The summed E-state index contributed by atoms with van der Waals surface area (Å²) in [5.41, 5.74) is 1.28. The van der Waals surface area contributed by atoms with E-state index in [4.69, 9.17) is 5.11 Å². The highest BCUT2D eigenvalue weighted by Crippen LogP contribution is 2.25. The highest BCUT2D eigenvalue weighted by atomic mass is 19.1. The zero-order valence-electron chi connectivity index (χ0n) is 11.8. The molecular formula is C18H17FO2. The van der Waals surface area contributed by atoms with Gasteiger partial charge in [-0.05, 0) is 35.7 Å².